The molecule has 0 bridgehead atoms. The van der Waals surface area contributed by atoms with Crippen LogP contribution in [0.5, 0.6) is 0 Å². The van der Waals surface area contributed by atoms with Crippen LogP contribution in [-0.4, -0.2) is 42.8 Å². The monoisotopic (exact) mass is 312 g/mol. The highest BCUT2D eigenvalue weighted by Crippen LogP contribution is 2.20. The summed E-state index contributed by atoms with van der Waals surface area (Å²) >= 11 is 0. The van der Waals surface area contributed by atoms with Gasteiger partial charge in [-0.3, -0.25) is 9.59 Å². The number of aliphatic carboxylic acids is 1. The number of carbonyl (C=O) groups is 2. The zero-order chi connectivity index (χ0) is 16.5. The van der Waals surface area contributed by atoms with E-state index in [1.54, 1.807) is 0 Å². The number of carboxylic acids is 1. The van der Waals surface area contributed by atoms with Gasteiger partial charge in [-0.15, -0.1) is 0 Å². The molecular formula is C13H23F3N2O3. The van der Waals surface area contributed by atoms with Gasteiger partial charge in [-0.1, -0.05) is 13.8 Å². The fourth-order valence-corrected chi connectivity index (χ4v) is 1.90. The molecule has 21 heavy (non-hydrogen) atoms. The van der Waals surface area contributed by atoms with Gasteiger partial charge in [0.25, 0.3) is 0 Å². The van der Waals surface area contributed by atoms with Gasteiger partial charge < -0.3 is 15.7 Å². The highest BCUT2D eigenvalue weighted by Gasteiger charge is 2.26. The van der Waals surface area contributed by atoms with Gasteiger partial charge in [0, 0.05) is 13.0 Å². The molecule has 0 saturated heterocycles. The Kier molecular flexibility index (Phi) is 9.00. The molecule has 124 valence electrons. The van der Waals surface area contributed by atoms with E-state index in [-0.39, 0.29) is 24.8 Å². The molecule has 1 unspecified atom stereocenters. The first-order valence-electron chi connectivity index (χ1n) is 6.87. The van der Waals surface area contributed by atoms with Gasteiger partial charge in [0.1, 0.15) is 0 Å². The highest BCUT2D eigenvalue weighted by molar-refractivity contribution is 5.77. The number of carbonyl (C=O) groups excluding carboxylic acids is 1. The molecule has 0 rings (SSSR count). The predicted octanol–water partition coefficient (Wildman–Crippen LogP) is 1.78. The van der Waals surface area contributed by atoms with Crippen molar-refractivity contribution in [1.29, 1.82) is 0 Å². The fourth-order valence-electron chi connectivity index (χ4n) is 1.90. The largest absolute Gasteiger partial charge is 0.481 e. The third-order valence-corrected chi connectivity index (χ3v) is 3.12. The van der Waals surface area contributed by atoms with Crippen LogP contribution in [0.25, 0.3) is 0 Å². The molecule has 0 aromatic heterocycles. The van der Waals surface area contributed by atoms with E-state index in [4.69, 9.17) is 5.11 Å². The number of alkyl halides is 3. The number of amides is 1. The fraction of sp³-hybridized carbons (Fsp3) is 0.846. The lowest BCUT2D eigenvalue weighted by Crippen LogP contribution is -2.39. The second-order valence-corrected chi connectivity index (χ2v) is 5.29. The molecule has 0 aliphatic heterocycles. The third kappa shape index (κ3) is 12.2. The number of hydrogen-bond donors (Lipinski definition) is 3. The van der Waals surface area contributed by atoms with Crippen LogP contribution in [0.2, 0.25) is 0 Å². The Hall–Kier alpha value is -1.31. The molecule has 1 atom stereocenters. The van der Waals surface area contributed by atoms with Crippen molar-refractivity contribution < 1.29 is 27.9 Å². The third-order valence-electron chi connectivity index (χ3n) is 3.12. The van der Waals surface area contributed by atoms with Crippen LogP contribution in [0, 0.1) is 11.8 Å². The maximum Gasteiger partial charge on any atom is 0.401 e. The van der Waals surface area contributed by atoms with Gasteiger partial charge in [0.2, 0.25) is 5.91 Å². The quantitative estimate of drug-likeness (QED) is 0.574. The highest BCUT2D eigenvalue weighted by atomic mass is 19.4. The second kappa shape index (κ2) is 9.59. The topological polar surface area (TPSA) is 78.4 Å². The Morgan fingerprint density at radius 3 is 2.29 bits per heavy atom. The van der Waals surface area contributed by atoms with Crippen LogP contribution in [0.3, 0.4) is 0 Å². The number of carboxylic acid groups (broad SMARTS) is 1. The van der Waals surface area contributed by atoms with Gasteiger partial charge in [0.15, 0.2) is 0 Å². The SMILES string of the molecule is CC(C)C(CCNC(=O)CNCC(F)(F)F)CCC(=O)O. The maximum atomic E-state index is 11.9. The van der Waals surface area contributed by atoms with Crippen LogP contribution in [0.4, 0.5) is 13.2 Å². The summed E-state index contributed by atoms with van der Waals surface area (Å²) in [6.07, 6.45) is -3.13. The summed E-state index contributed by atoms with van der Waals surface area (Å²) in [5.74, 6) is -0.921. The van der Waals surface area contributed by atoms with Crippen molar-refractivity contribution in [3.05, 3.63) is 0 Å². The predicted molar refractivity (Wildman–Crippen MR) is 71.7 cm³/mol. The van der Waals surface area contributed by atoms with E-state index in [2.05, 4.69) is 5.32 Å². The van der Waals surface area contributed by atoms with E-state index in [0.717, 1.165) is 0 Å². The molecule has 0 saturated carbocycles. The number of nitrogens with one attached hydrogen (secondary N) is 2. The smallest absolute Gasteiger partial charge is 0.401 e. The summed E-state index contributed by atoms with van der Waals surface area (Å²) < 4.78 is 35.6. The van der Waals surface area contributed by atoms with Crippen molar-refractivity contribution >= 4 is 11.9 Å². The Morgan fingerprint density at radius 2 is 1.81 bits per heavy atom. The molecule has 0 heterocycles. The van der Waals surface area contributed by atoms with Crippen LogP contribution < -0.4 is 10.6 Å². The minimum absolute atomic E-state index is 0.0733. The van der Waals surface area contributed by atoms with Crippen molar-refractivity contribution in [2.24, 2.45) is 11.8 Å². The first-order chi connectivity index (χ1) is 9.61. The number of hydrogen-bond acceptors (Lipinski definition) is 3. The summed E-state index contributed by atoms with van der Waals surface area (Å²) in [5.41, 5.74) is 0. The lowest BCUT2D eigenvalue weighted by Gasteiger charge is -2.20. The summed E-state index contributed by atoms with van der Waals surface area (Å²) in [5, 5.41) is 13.2. The molecule has 8 heteroatoms. The molecular weight excluding hydrogens is 289 g/mol. The number of halogens is 3. The maximum absolute atomic E-state index is 11.9. The average molecular weight is 312 g/mol. The Morgan fingerprint density at radius 1 is 1.19 bits per heavy atom. The van der Waals surface area contributed by atoms with E-state index in [1.807, 2.05) is 19.2 Å². The molecule has 0 aromatic rings. The average Bonchev–Trinajstić information content (AvgIpc) is 2.30. The minimum atomic E-state index is -4.33. The van der Waals surface area contributed by atoms with Gasteiger partial charge in [0.05, 0.1) is 13.1 Å². The zero-order valence-electron chi connectivity index (χ0n) is 12.3. The molecule has 1 amide bonds. The van der Waals surface area contributed by atoms with Crippen LogP contribution in [0.15, 0.2) is 0 Å². The number of rotatable bonds is 10. The second-order valence-electron chi connectivity index (χ2n) is 5.29. The van der Waals surface area contributed by atoms with E-state index in [1.165, 1.54) is 0 Å². The van der Waals surface area contributed by atoms with E-state index in [0.29, 0.717) is 19.4 Å². The van der Waals surface area contributed by atoms with Crippen LogP contribution in [0.1, 0.15) is 33.1 Å². The first-order valence-corrected chi connectivity index (χ1v) is 6.87. The first kappa shape index (κ1) is 19.7. The molecule has 0 aromatic carbocycles. The van der Waals surface area contributed by atoms with Crippen molar-refractivity contribution in [2.75, 3.05) is 19.6 Å². The van der Waals surface area contributed by atoms with Crippen LogP contribution >= 0.6 is 0 Å². The molecule has 0 aliphatic rings. The molecule has 0 spiro atoms. The lowest BCUT2D eigenvalue weighted by molar-refractivity contribution is -0.137. The molecule has 5 nitrogen and oxygen atoms in total. The lowest BCUT2D eigenvalue weighted by atomic mass is 9.88. The summed E-state index contributed by atoms with van der Waals surface area (Å²) in [6.45, 7) is 2.68. The van der Waals surface area contributed by atoms with Crippen molar-refractivity contribution in [1.82, 2.24) is 10.6 Å². The summed E-state index contributed by atoms with van der Waals surface area (Å²) in [4.78, 5) is 21.8. The molecule has 0 fully saturated rings. The summed E-state index contributed by atoms with van der Waals surface area (Å²) in [7, 11) is 0. The van der Waals surface area contributed by atoms with Gasteiger partial charge >= 0.3 is 12.1 Å². The Balaban J connectivity index is 3.87. The van der Waals surface area contributed by atoms with E-state index in [9.17, 15) is 22.8 Å². The molecule has 0 aliphatic carbocycles. The Bertz CT molecular complexity index is 333. The van der Waals surface area contributed by atoms with Gasteiger partial charge in [-0.25, -0.2) is 0 Å². The van der Waals surface area contributed by atoms with Gasteiger partial charge in [-0.05, 0) is 24.7 Å². The van der Waals surface area contributed by atoms with Crippen LogP contribution in [-0.2, 0) is 9.59 Å². The van der Waals surface area contributed by atoms with Crippen molar-refractivity contribution in [2.45, 2.75) is 39.3 Å². The Labute approximate surface area is 122 Å². The minimum Gasteiger partial charge on any atom is -0.481 e. The van der Waals surface area contributed by atoms with Crippen molar-refractivity contribution in [3.63, 3.8) is 0 Å². The molecule has 3 N–H and O–H groups in total. The van der Waals surface area contributed by atoms with Gasteiger partial charge in [-0.2, -0.15) is 13.2 Å². The molecule has 0 radical (unpaired) electrons. The van der Waals surface area contributed by atoms with E-state index >= 15 is 0 Å². The van der Waals surface area contributed by atoms with E-state index < -0.39 is 24.6 Å². The standard InChI is InChI=1S/C13H23F3N2O3/c1-9(2)10(3-4-12(20)21)5-6-18-11(19)7-17-8-13(14,15)16/h9-10,17H,3-8H2,1-2H3,(H,18,19)(H,20,21). The van der Waals surface area contributed by atoms with Crippen molar-refractivity contribution in [3.8, 4) is 0 Å². The summed E-state index contributed by atoms with van der Waals surface area (Å²) in [6, 6.07) is 0. The zero-order valence-corrected chi connectivity index (χ0v) is 12.3. The normalized spacial score (nSPS) is 13.2.